The fourth-order valence-electron chi connectivity index (χ4n) is 1.83. The molecule has 0 amide bonds. The Hall–Kier alpha value is -1.82. The maximum atomic E-state index is 2.20. The number of allylic oxidation sites excluding steroid dienone is 2. The van der Waals surface area contributed by atoms with Gasteiger partial charge < -0.3 is 0 Å². The molecule has 0 aromatic heterocycles. The topological polar surface area (TPSA) is 0 Å². The van der Waals surface area contributed by atoms with E-state index in [1.807, 2.05) is 0 Å². The number of hydrogen-bond donors (Lipinski definition) is 0. The van der Waals surface area contributed by atoms with Crippen molar-refractivity contribution in [2.24, 2.45) is 0 Å². The van der Waals surface area contributed by atoms with E-state index >= 15 is 0 Å². The molecule has 0 unspecified atom stereocenters. The summed E-state index contributed by atoms with van der Waals surface area (Å²) in [7, 11) is 0. The molecule has 0 aliphatic carbocycles. The third kappa shape index (κ3) is 3.07. The van der Waals surface area contributed by atoms with E-state index in [2.05, 4.69) is 74.5 Å². The Kier molecular flexibility index (Phi) is 3.77. The van der Waals surface area contributed by atoms with E-state index in [0.717, 1.165) is 6.42 Å². The second-order valence-electron chi connectivity index (χ2n) is 4.34. The second-order valence-corrected chi connectivity index (χ2v) is 4.34. The van der Waals surface area contributed by atoms with Crippen LogP contribution in [0.5, 0.6) is 0 Å². The molecule has 0 heterocycles. The summed E-state index contributed by atoms with van der Waals surface area (Å²) in [5, 5.41) is 0. The van der Waals surface area contributed by atoms with Gasteiger partial charge in [-0.2, -0.15) is 0 Å². The van der Waals surface area contributed by atoms with Crippen LogP contribution in [0.1, 0.15) is 18.1 Å². The smallest absolute Gasteiger partial charge is 0.00976 e. The van der Waals surface area contributed by atoms with Gasteiger partial charge in [0, 0.05) is 0 Å². The maximum absolute atomic E-state index is 2.20. The third-order valence-electron chi connectivity index (χ3n) is 2.93. The average molecular weight is 222 g/mol. The van der Waals surface area contributed by atoms with E-state index in [1.54, 1.807) is 0 Å². The highest BCUT2D eigenvalue weighted by Crippen LogP contribution is 2.20. The van der Waals surface area contributed by atoms with Crippen LogP contribution >= 0.6 is 0 Å². The van der Waals surface area contributed by atoms with Crippen molar-refractivity contribution in [2.45, 2.75) is 20.3 Å². The summed E-state index contributed by atoms with van der Waals surface area (Å²) in [6.45, 7) is 4.17. The third-order valence-corrected chi connectivity index (χ3v) is 2.93. The van der Waals surface area contributed by atoms with Crippen molar-refractivity contribution in [1.29, 1.82) is 0 Å². The Morgan fingerprint density at radius 3 is 1.88 bits per heavy atom. The minimum Gasteiger partial charge on any atom is -0.0913 e. The van der Waals surface area contributed by atoms with Gasteiger partial charge in [0.25, 0.3) is 0 Å². The summed E-state index contributed by atoms with van der Waals surface area (Å²) in [4.78, 5) is 0. The van der Waals surface area contributed by atoms with Gasteiger partial charge in [0.15, 0.2) is 0 Å². The van der Waals surface area contributed by atoms with Crippen LogP contribution in [0.15, 0.2) is 60.7 Å². The van der Waals surface area contributed by atoms with Gasteiger partial charge >= 0.3 is 0 Å². The van der Waals surface area contributed by atoms with Gasteiger partial charge in [-0.25, -0.2) is 0 Å². The van der Waals surface area contributed by atoms with Gasteiger partial charge in [-0.15, -0.1) is 0 Å². The molecule has 17 heavy (non-hydrogen) atoms. The fraction of sp³-hybridized carbons (Fsp3) is 0.176. The van der Waals surface area contributed by atoms with Crippen molar-refractivity contribution in [2.75, 3.05) is 0 Å². The Bertz CT molecular complexity index is 487. The maximum Gasteiger partial charge on any atom is -0.00976 e. The quantitative estimate of drug-likeness (QED) is 0.655. The highest BCUT2D eigenvalue weighted by molar-refractivity contribution is 5.63. The van der Waals surface area contributed by atoms with E-state index in [4.69, 9.17) is 0 Å². The van der Waals surface area contributed by atoms with E-state index in [1.165, 1.54) is 22.3 Å². The predicted molar refractivity (Wildman–Crippen MR) is 75.1 cm³/mol. The SMILES string of the molecule is CC=CCc1ccc(-c2ccc(C)cc2)cc1. The molecule has 0 fully saturated rings. The number of benzene rings is 2. The largest absolute Gasteiger partial charge is 0.0913 e. The Morgan fingerprint density at radius 1 is 0.824 bits per heavy atom. The van der Waals surface area contributed by atoms with Crippen LogP contribution in [0.25, 0.3) is 11.1 Å². The van der Waals surface area contributed by atoms with Gasteiger partial charge in [-0.3, -0.25) is 0 Å². The van der Waals surface area contributed by atoms with E-state index in [0.29, 0.717) is 0 Å². The second kappa shape index (κ2) is 5.49. The highest BCUT2D eigenvalue weighted by atomic mass is 14.0. The number of rotatable bonds is 3. The lowest BCUT2D eigenvalue weighted by atomic mass is 10.0. The molecule has 0 aliphatic rings. The summed E-state index contributed by atoms with van der Waals surface area (Å²) < 4.78 is 0. The molecule has 0 saturated carbocycles. The molecule has 86 valence electrons. The molecule has 0 bridgehead atoms. The van der Waals surface area contributed by atoms with Crippen LogP contribution in [-0.4, -0.2) is 0 Å². The molecule has 2 rings (SSSR count). The van der Waals surface area contributed by atoms with Gasteiger partial charge in [-0.05, 0) is 37.0 Å². The molecular formula is C17H18. The zero-order chi connectivity index (χ0) is 12.1. The minimum atomic E-state index is 1.02. The molecule has 2 aromatic rings. The van der Waals surface area contributed by atoms with Crippen LogP contribution in [0.4, 0.5) is 0 Å². The molecule has 0 aliphatic heterocycles. The first-order valence-corrected chi connectivity index (χ1v) is 6.07. The standard InChI is InChI=1S/C17H18/c1-3-4-5-15-8-12-17(13-9-15)16-10-6-14(2)7-11-16/h3-4,6-13H,5H2,1-2H3. The number of hydrogen-bond acceptors (Lipinski definition) is 0. The molecule has 0 saturated heterocycles. The van der Waals surface area contributed by atoms with Gasteiger partial charge in [0.1, 0.15) is 0 Å². The lowest BCUT2D eigenvalue weighted by molar-refractivity contribution is 1.26. The normalized spacial score (nSPS) is 10.9. The molecule has 0 radical (unpaired) electrons. The lowest BCUT2D eigenvalue weighted by Gasteiger charge is -2.03. The highest BCUT2D eigenvalue weighted by Gasteiger charge is 1.97. The Balaban J connectivity index is 2.20. The molecule has 0 heteroatoms. The summed E-state index contributed by atoms with van der Waals surface area (Å²) in [5.74, 6) is 0. The van der Waals surface area contributed by atoms with Gasteiger partial charge in [0.05, 0.1) is 0 Å². The van der Waals surface area contributed by atoms with E-state index in [-0.39, 0.29) is 0 Å². The first kappa shape index (κ1) is 11.7. The minimum absolute atomic E-state index is 1.02. The monoisotopic (exact) mass is 222 g/mol. The van der Waals surface area contributed by atoms with E-state index < -0.39 is 0 Å². The first-order valence-electron chi connectivity index (χ1n) is 6.07. The fourth-order valence-corrected chi connectivity index (χ4v) is 1.83. The van der Waals surface area contributed by atoms with Crippen molar-refractivity contribution < 1.29 is 0 Å². The van der Waals surface area contributed by atoms with Crippen molar-refractivity contribution in [3.63, 3.8) is 0 Å². The van der Waals surface area contributed by atoms with Crippen molar-refractivity contribution in [3.8, 4) is 11.1 Å². The van der Waals surface area contributed by atoms with Crippen LogP contribution < -0.4 is 0 Å². The molecule has 0 spiro atoms. The summed E-state index contributed by atoms with van der Waals surface area (Å²) in [5.41, 5.74) is 5.24. The summed E-state index contributed by atoms with van der Waals surface area (Å²) >= 11 is 0. The van der Waals surface area contributed by atoms with Crippen LogP contribution in [0.3, 0.4) is 0 Å². The lowest BCUT2D eigenvalue weighted by Crippen LogP contribution is -1.82. The van der Waals surface area contributed by atoms with Gasteiger partial charge in [-0.1, -0.05) is 66.2 Å². The Morgan fingerprint density at radius 2 is 1.35 bits per heavy atom. The van der Waals surface area contributed by atoms with E-state index in [9.17, 15) is 0 Å². The van der Waals surface area contributed by atoms with Crippen LogP contribution in [0.2, 0.25) is 0 Å². The predicted octanol–water partition coefficient (Wildman–Crippen LogP) is 4.78. The average Bonchev–Trinajstić information content (AvgIpc) is 2.38. The zero-order valence-electron chi connectivity index (χ0n) is 10.5. The van der Waals surface area contributed by atoms with Crippen molar-refractivity contribution >= 4 is 0 Å². The zero-order valence-corrected chi connectivity index (χ0v) is 10.5. The van der Waals surface area contributed by atoms with Crippen molar-refractivity contribution in [1.82, 2.24) is 0 Å². The molecule has 0 nitrogen and oxygen atoms in total. The van der Waals surface area contributed by atoms with Gasteiger partial charge in [0.2, 0.25) is 0 Å². The molecule has 0 N–H and O–H groups in total. The summed E-state index contributed by atoms with van der Waals surface area (Å²) in [6, 6.07) is 17.5. The first-order chi connectivity index (χ1) is 8.29. The van der Waals surface area contributed by atoms with Crippen LogP contribution in [0, 0.1) is 6.92 Å². The number of aryl methyl sites for hydroxylation is 1. The Labute approximate surface area is 104 Å². The van der Waals surface area contributed by atoms with Crippen molar-refractivity contribution in [3.05, 3.63) is 71.8 Å². The molecule has 0 atom stereocenters. The molecular weight excluding hydrogens is 204 g/mol. The molecule has 2 aromatic carbocycles. The summed E-state index contributed by atoms with van der Waals surface area (Å²) in [6.07, 6.45) is 5.29. The van der Waals surface area contributed by atoms with Crippen LogP contribution in [-0.2, 0) is 6.42 Å².